The minimum atomic E-state index is 0.729. The van der Waals surface area contributed by atoms with Crippen LogP contribution in [0.15, 0.2) is 24.3 Å². The van der Waals surface area contributed by atoms with E-state index < -0.39 is 0 Å². The van der Waals surface area contributed by atoms with Crippen LogP contribution in [0, 0.1) is 6.92 Å². The molecule has 0 bridgehead atoms. The number of ether oxygens (including phenoxy) is 2. The minimum Gasteiger partial charge on any atom is -0.494 e. The molecule has 84 valence electrons. The van der Waals surface area contributed by atoms with Gasteiger partial charge in [-0.25, -0.2) is 0 Å². The van der Waals surface area contributed by atoms with Crippen molar-refractivity contribution >= 4 is 0 Å². The molecule has 1 aromatic rings. The van der Waals surface area contributed by atoms with Gasteiger partial charge in [-0.05, 0) is 25.5 Å². The number of hydrogen-bond acceptors (Lipinski definition) is 2. The van der Waals surface area contributed by atoms with Crippen LogP contribution in [-0.2, 0) is 4.74 Å². The summed E-state index contributed by atoms with van der Waals surface area (Å²) in [4.78, 5) is 0. The van der Waals surface area contributed by atoms with Gasteiger partial charge < -0.3 is 9.47 Å². The molecule has 0 aliphatic rings. The van der Waals surface area contributed by atoms with Crippen LogP contribution in [0.4, 0.5) is 0 Å². The Kier molecular flexibility index (Phi) is 5.86. The van der Waals surface area contributed by atoms with Gasteiger partial charge in [-0.3, -0.25) is 0 Å². The van der Waals surface area contributed by atoms with Gasteiger partial charge in [-0.1, -0.05) is 24.6 Å². The van der Waals surface area contributed by atoms with E-state index in [2.05, 4.69) is 26.0 Å². The molecule has 0 radical (unpaired) electrons. The highest BCUT2D eigenvalue weighted by atomic mass is 16.5. The summed E-state index contributed by atoms with van der Waals surface area (Å²) in [5, 5.41) is 0. The first-order valence-corrected chi connectivity index (χ1v) is 5.60. The van der Waals surface area contributed by atoms with E-state index in [-0.39, 0.29) is 0 Å². The van der Waals surface area contributed by atoms with E-state index in [9.17, 15) is 0 Å². The smallest absolute Gasteiger partial charge is 0.119 e. The average Bonchev–Trinajstić information content (AvgIpc) is 2.26. The summed E-state index contributed by atoms with van der Waals surface area (Å²) in [5.74, 6) is 0.941. The highest BCUT2D eigenvalue weighted by Crippen LogP contribution is 2.11. The second-order valence-corrected chi connectivity index (χ2v) is 3.63. The standard InChI is InChI=1S/C13H20O2/c1-3-9-14-10-4-11-15-13-7-5-12(2)6-8-13/h5-8H,3-4,9-11H2,1-2H3. The topological polar surface area (TPSA) is 18.5 Å². The maximum atomic E-state index is 5.56. The summed E-state index contributed by atoms with van der Waals surface area (Å²) in [6.07, 6.45) is 2.03. The highest BCUT2D eigenvalue weighted by molar-refractivity contribution is 5.26. The van der Waals surface area contributed by atoms with Gasteiger partial charge in [-0.15, -0.1) is 0 Å². The van der Waals surface area contributed by atoms with Gasteiger partial charge in [0.1, 0.15) is 5.75 Å². The first kappa shape index (κ1) is 12.1. The second-order valence-electron chi connectivity index (χ2n) is 3.63. The third kappa shape index (κ3) is 5.43. The molecule has 0 unspecified atom stereocenters. The molecule has 0 N–H and O–H groups in total. The fraction of sp³-hybridized carbons (Fsp3) is 0.538. The van der Waals surface area contributed by atoms with E-state index >= 15 is 0 Å². The molecule has 2 nitrogen and oxygen atoms in total. The molecule has 0 heterocycles. The van der Waals surface area contributed by atoms with Crippen molar-refractivity contribution in [2.24, 2.45) is 0 Å². The summed E-state index contributed by atoms with van der Waals surface area (Å²) in [7, 11) is 0. The van der Waals surface area contributed by atoms with Gasteiger partial charge >= 0.3 is 0 Å². The molecule has 0 fully saturated rings. The van der Waals surface area contributed by atoms with Crippen molar-refractivity contribution in [3.8, 4) is 5.75 Å². The van der Waals surface area contributed by atoms with Crippen molar-refractivity contribution < 1.29 is 9.47 Å². The Balaban J connectivity index is 2.07. The normalized spacial score (nSPS) is 10.3. The summed E-state index contributed by atoms with van der Waals surface area (Å²) in [5.41, 5.74) is 1.26. The van der Waals surface area contributed by atoms with Crippen LogP contribution in [0.3, 0.4) is 0 Å². The van der Waals surface area contributed by atoms with Gasteiger partial charge in [0.15, 0.2) is 0 Å². The van der Waals surface area contributed by atoms with Gasteiger partial charge in [0.2, 0.25) is 0 Å². The Labute approximate surface area is 92.2 Å². The monoisotopic (exact) mass is 208 g/mol. The van der Waals surface area contributed by atoms with Crippen LogP contribution in [0.5, 0.6) is 5.75 Å². The Hall–Kier alpha value is -1.02. The molecule has 0 aromatic heterocycles. The Morgan fingerprint density at radius 2 is 1.73 bits per heavy atom. The van der Waals surface area contributed by atoms with E-state index in [0.717, 1.165) is 38.4 Å². The highest BCUT2D eigenvalue weighted by Gasteiger charge is 1.93. The van der Waals surface area contributed by atoms with E-state index in [4.69, 9.17) is 9.47 Å². The van der Waals surface area contributed by atoms with E-state index in [1.807, 2.05) is 12.1 Å². The lowest BCUT2D eigenvalue weighted by Crippen LogP contribution is -2.03. The number of benzene rings is 1. The molecule has 0 atom stereocenters. The summed E-state index contributed by atoms with van der Waals surface area (Å²) >= 11 is 0. The Morgan fingerprint density at radius 1 is 1.00 bits per heavy atom. The van der Waals surface area contributed by atoms with Gasteiger partial charge in [0.05, 0.1) is 6.61 Å². The van der Waals surface area contributed by atoms with Gasteiger partial charge in [0, 0.05) is 19.6 Å². The van der Waals surface area contributed by atoms with Crippen molar-refractivity contribution in [3.05, 3.63) is 29.8 Å². The van der Waals surface area contributed by atoms with E-state index in [1.165, 1.54) is 5.56 Å². The molecular formula is C13H20O2. The molecule has 0 aliphatic carbocycles. The molecule has 1 rings (SSSR count). The maximum Gasteiger partial charge on any atom is 0.119 e. The fourth-order valence-corrected chi connectivity index (χ4v) is 1.23. The summed E-state index contributed by atoms with van der Waals surface area (Å²) < 4.78 is 10.9. The zero-order valence-corrected chi connectivity index (χ0v) is 9.66. The van der Waals surface area contributed by atoms with Crippen LogP contribution in [0.2, 0.25) is 0 Å². The zero-order chi connectivity index (χ0) is 10.9. The predicted octanol–water partition coefficient (Wildman–Crippen LogP) is 3.19. The van der Waals surface area contributed by atoms with Crippen molar-refractivity contribution in [1.82, 2.24) is 0 Å². The van der Waals surface area contributed by atoms with Crippen molar-refractivity contribution in [3.63, 3.8) is 0 Å². The lowest BCUT2D eigenvalue weighted by molar-refractivity contribution is 0.120. The van der Waals surface area contributed by atoms with Crippen molar-refractivity contribution in [2.45, 2.75) is 26.7 Å². The number of hydrogen-bond donors (Lipinski definition) is 0. The molecule has 0 saturated heterocycles. The summed E-state index contributed by atoms with van der Waals surface area (Å²) in [6, 6.07) is 8.12. The summed E-state index contributed by atoms with van der Waals surface area (Å²) in [6.45, 7) is 6.56. The first-order valence-electron chi connectivity index (χ1n) is 5.60. The van der Waals surface area contributed by atoms with Crippen LogP contribution in [-0.4, -0.2) is 19.8 Å². The average molecular weight is 208 g/mol. The molecule has 1 aromatic carbocycles. The molecule has 2 heteroatoms. The second kappa shape index (κ2) is 7.30. The van der Waals surface area contributed by atoms with E-state index in [0.29, 0.717) is 0 Å². The molecule has 0 amide bonds. The van der Waals surface area contributed by atoms with Crippen LogP contribution >= 0.6 is 0 Å². The van der Waals surface area contributed by atoms with Crippen LogP contribution < -0.4 is 4.74 Å². The third-order valence-corrected chi connectivity index (χ3v) is 2.07. The van der Waals surface area contributed by atoms with Crippen LogP contribution in [0.1, 0.15) is 25.3 Å². The molecule has 15 heavy (non-hydrogen) atoms. The lowest BCUT2D eigenvalue weighted by Gasteiger charge is -2.06. The fourth-order valence-electron chi connectivity index (χ4n) is 1.23. The molecule has 0 spiro atoms. The quantitative estimate of drug-likeness (QED) is 0.641. The number of aryl methyl sites for hydroxylation is 1. The number of rotatable bonds is 7. The zero-order valence-electron chi connectivity index (χ0n) is 9.66. The van der Waals surface area contributed by atoms with Crippen molar-refractivity contribution in [1.29, 1.82) is 0 Å². The SMILES string of the molecule is CCCOCCCOc1ccc(C)cc1. The molecule has 0 saturated carbocycles. The van der Waals surface area contributed by atoms with Crippen LogP contribution in [0.25, 0.3) is 0 Å². The Bertz CT molecular complexity index is 254. The first-order chi connectivity index (χ1) is 7.33. The largest absolute Gasteiger partial charge is 0.494 e. The maximum absolute atomic E-state index is 5.56. The predicted molar refractivity (Wildman–Crippen MR) is 62.4 cm³/mol. The van der Waals surface area contributed by atoms with Crippen molar-refractivity contribution in [2.75, 3.05) is 19.8 Å². The third-order valence-electron chi connectivity index (χ3n) is 2.07. The van der Waals surface area contributed by atoms with Gasteiger partial charge in [0.25, 0.3) is 0 Å². The molecule has 0 aliphatic heterocycles. The van der Waals surface area contributed by atoms with Gasteiger partial charge in [-0.2, -0.15) is 0 Å². The lowest BCUT2D eigenvalue weighted by atomic mass is 10.2. The molecular weight excluding hydrogens is 188 g/mol. The van der Waals surface area contributed by atoms with E-state index in [1.54, 1.807) is 0 Å². The minimum absolute atomic E-state index is 0.729. The Morgan fingerprint density at radius 3 is 2.40 bits per heavy atom.